The molecule has 0 spiro atoms. The summed E-state index contributed by atoms with van der Waals surface area (Å²) in [6.45, 7) is 3.56. The van der Waals surface area contributed by atoms with E-state index in [0.29, 0.717) is 12.0 Å². The number of ether oxygens (including phenoxy) is 2. The normalized spacial score (nSPS) is 22.4. The lowest BCUT2D eigenvalue weighted by Crippen LogP contribution is -2.25. The predicted molar refractivity (Wildman–Crippen MR) is 77.7 cm³/mol. The average Bonchev–Trinajstić information content (AvgIpc) is 2.83. The highest BCUT2D eigenvalue weighted by molar-refractivity contribution is 5.39. The molecular weight excluding hydrogens is 238 g/mol. The predicted octanol–water partition coefficient (Wildman–Crippen LogP) is 3.37. The molecule has 0 heterocycles. The van der Waals surface area contributed by atoms with Crippen LogP contribution in [0.15, 0.2) is 24.3 Å². The topological polar surface area (TPSA) is 44.5 Å². The Morgan fingerprint density at radius 2 is 1.79 bits per heavy atom. The second-order valence-corrected chi connectivity index (χ2v) is 5.29. The fourth-order valence-electron chi connectivity index (χ4n) is 2.64. The number of hydrogen-bond donors (Lipinski definition) is 1. The number of nitrogens with two attached hydrogens (primary N) is 1. The van der Waals surface area contributed by atoms with Gasteiger partial charge >= 0.3 is 0 Å². The molecule has 0 amide bonds. The molecular formula is C16H25NO2. The third-order valence-electron chi connectivity index (χ3n) is 3.77. The van der Waals surface area contributed by atoms with Gasteiger partial charge in [-0.3, -0.25) is 0 Å². The zero-order valence-electron chi connectivity index (χ0n) is 11.8. The Bertz CT molecular complexity index is 381. The van der Waals surface area contributed by atoms with Crippen LogP contribution in [0.25, 0.3) is 0 Å². The van der Waals surface area contributed by atoms with Crippen molar-refractivity contribution in [1.29, 1.82) is 0 Å². The zero-order valence-corrected chi connectivity index (χ0v) is 11.8. The van der Waals surface area contributed by atoms with Crippen molar-refractivity contribution in [1.82, 2.24) is 0 Å². The number of para-hydroxylation sites is 2. The Kier molecular flexibility index (Phi) is 5.52. The van der Waals surface area contributed by atoms with Crippen LogP contribution in [-0.4, -0.2) is 19.3 Å². The Morgan fingerprint density at radius 1 is 1.11 bits per heavy atom. The van der Waals surface area contributed by atoms with Crippen molar-refractivity contribution < 1.29 is 9.47 Å². The molecule has 3 nitrogen and oxygen atoms in total. The third-order valence-corrected chi connectivity index (χ3v) is 3.77. The van der Waals surface area contributed by atoms with Gasteiger partial charge in [-0.15, -0.1) is 0 Å². The van der Waals surface area contributed by atoms with Crippen LogP contribution in [0.3, 0.4) is 0 Å². The number of hydrogen-bond acceptors (Lipinski definition) is 3. The fraction of sp³-hybridized carbons (Fsp3) is 0.625. The van der Waals surface area contributed by atoms with Gasteiger partial charge < -0.3 is 15.2 Å². The molecule has 2 N–H and O–H groups in total. The van der Waals surface area contributed by atoms with Crippen LogP contribution >= 0.6 is 0 Å². The monoisotopic (exact) mass is 263 g/mol. The van der Waals surface area contributed by atoms with Crippen LogP contribution in [0.1, 0.15) is 39.0 Å². The fourth-order valence-corrected chi connectivity index (χ4v) is 2.64. The van der Waals surface area contributed by atoms with E-state index >= 15 is 0 Å². The molecule has 1 saturated carbocycles. The first-order valence-electron chi connectivity index (χ1n) is 7.41. The van der Waals surface area contributed by atoms with E-state index in [0.717, 1.165) is 37.6 Å². The Morgan fingerprint density at radius 3 is 2.37 bits per heavy atom. The second-order valence-electron chi connectivity index (χ2n) is 5.29. The van der Waals surface area contributed by atoms with E-state index in [9.17, 15) is 0 Å². The summed E-state index contributed by atoms with van der Waals surface area (Å²) in [4.78, 5) is 0. The molecule has 0 saturated heterocycles. The summed E-state index contributed by atoms with van der Waals surface area (Å²) >= 11 is 0. The maximum atomic E-state index is 6.07. The lowest BCUT2D eigenvalue weighted by Gasteiger charge is -2.16. The minimum absolute atomic E-state index is 0.371. The first-order chi connectivity index (χ1) is 9.31. The molecule has 0 radical (unpaired) electrons. The minimum atomic E-state index is 0.371. The van der Waals surface area contributed by atoms with Gasteiger partial charge in [-0.2, -0.15) is 0 Å². The highest BCUT2D eigenvalue weighted by Gasteiger charge is 2.23. The van der Waals surface area contributed by atoms with Crippen molar-refractivity contribution in [3.05, 3.63) is 24.3 Å². The van der Waals surface area contributed by atoms with Gasteiger partial charge in [0, 0.05) is 6.04 Å². The van der Waals surface area contributed by atoms with Gasteiger partial charge in [0.15, 0.2) is 11.5 Å². The summed E-state index contributed by atoms with van der Waals surface area (Å²) in [6, 6.07) is 8.27. The van der Waals surface area contributed by atoms with E-state index < -0.39 is 0 Å². The Balaban J connectivity index is 1.81. The van der Waals surface area contributed by atoms with Crippen LogP contribution in [0.4, 0.5) is 0 Å². The van der Waals surface area contributed by atoms with Crippen molar-refractivity contribution in [3.63, 3.8) is 0 Å². The zero-order chi connectivity index (χ0) is 13.5. The molecule has 1 aliphatic rings. The van der Waals surface area contributed by atoms with Gasteiger partial charge in [0.05, 0.1) is 13.2 Å². The maximum Gasteiger partial charge on any atom is 0.161 e. The molecule has 1 fully saturated rings. The molecule has 1 aromatic rings. The molecule has 0 bridgehead atoms. The second kappa shape index (κ2) is 7.39. The van der Waals surface area contributed by atoms with E-state index in [4.69, 9.17) is 15.2 Å². The molecule has 2 rings (SSSR count). The summed E-state index contributed by atoms with van der Waals surface area (Å²) in [5.41, 5.74) is 6.07. The highest BCUT2D eigenvalue weighted by atomic mass is 16.5. The highest BCUT2D eigenvalue weighted by Crippen LogP contribution is 2.29. The van der Waals surface area contributed by atoms with Crippen LogP contribution < -0.4 is 15.2 Å². The lowest BCUT2D eigenvalue weighted by molar-refractivity contribution is 0.246. The van der Waals surface area contributed by atoms with E-state index in [1.54, 1.807) is 0 Å². The van der Waals surface area contributed by atoms with Crippen molar-refractivity contribution >= 4 is 0 Å². The van der Waals surface area contributed by atoms with Gasteiger partial charge in [0.2, 0.25) is 0 Å². The van der Waals surface area contributed by atoms with Crippen molar-refractivity contribution in [2.45, 2.75) is 45.1 Å². The smallest absolute Gasteiger partial charge is 0.161 e. The summed E-state index contributed by atoms with van der Waals surface area (Å²) in [7, 11) is 0. The number of benzene rings is 1. The largest absolute Gasteiger partial charge is 0.490 e. The van der Waals surface area contributed by atoms with Crippen molar-refractivity contribution in [3.8, 4) is 11.5 Å². The van der Waals surface area contributed by atoms with Gasteiger partial charge in [-0.1, -0.05) is 25.5 Å². The van der Waals surface area contributed by atoms with Crippen LogP contribution in [0, 0.1) is 5.92 Å². The summed E-state index contributed by atoms with van der Waals surface area (Å²) in [6.07, 6.45) is 5.73. The van der Waals surface area contributed by atoms with Gasteiger partial charge in [0.25, 0.3) is 0 Å². The summed E-state index contributed by atoms with van der Waals surface area (Å²) < 4.78 is 11.5. The SMILES string of the molecule is CCCOc1ccccc1OCCC1CCCC1N. The standard InChI is InChI=1S/C16H25NO2/c1-2-11-18-15-8-3-4-9-16(15)19-12-10-13-6-5-7-14(13)17/h3-4,8-9,13-14H,2,5-7,10-12,17H2,1H3. The van der Waals surface area contributed by atoms with Crippen LogP contribution in [0.2, 0.25) is 0 Å². The molecule has 2 unspecified atom stereocenters. The molecule has 0 aromatic heterocycles. The van der Waals surface area contributed by atoms with E-state index in [1.165, 1.54) is 19.3 Å². The average molecular weight is 263 g/mol. The van der Waals surface area contributed by atoms with Crippen LogP contribution in [-0.2, 0) is 0 Å². The molecule has 1 aromatic carbocycles. The van der Waals surface area contributed by atoms with Gasteiger partial charge in [-0.05, 0) is 43.7 Å². The quantitative estimate of drug-likeness (QED) is 0.820. The first-order valence-corrected chi connectivity index (χ1v) is 7.41. The molecule has 2 atom stereocenters. The first kappa shape index (κ1) is 14.2. The molecule has 0 aliphatic heterocycles. The summed E-state index contributed by atoms with van der Waals surface area (Å²) in [5.74, 6) is 2.33. The minimum Gasteiger partial charge on any atom is -0.490 e. The molecule has 19 heavy (non-hydrogen) atoms. The van der Waals surface area contributed by atoms with Crippen LogP contribution in [0.5, 0.6) is 11.5 Å². The Labute approximate surface area is 116 Å². The van der Waals surface area contributed by atoms with Gasteiger partial charge in [0.1, 0.15) is 0 Å². The van der Waals surface area contributed by atoms with E-state index in [2.05, 4.69) is 6.92 Å². The third kappa shape index (κ3) is 4.13. The number of rotatable bonds is 7. The molecule has 3 heteroatoms. The molecule has 106 valence electrons. The van der Waals surface area contributed by atoms with E-state index in [1.807, 2.05) is 24.3 Å². The van der Waals surface area contributed by atoms with Gasteiger partial charge in [-0.25, -0.2) is 0 Å². The van der Waals surface area contributed by atoms with E-state index in [-0.39, 0.29) is 0 Å². The van der Waals surface area contributed by atoms with Crippen molar-refractivity contribution in [2.75, 3.05) is 13.2 Å². The molecule has 1 aliphatic carbocycles. The summed E-state index contributed by atoms with van der Waals surface area (Å²) in [5, 5.41) is 0. The maximum absolute atomic E-state index is 6.07. The van der Waals surface area contributed by atoms with Crippen molar-refractivity contribution in [2.24, 2.45) is 11.7 Å². The Hall–Kier alpha value is -1.22. The lowest BCUT2D eigenvalue weighted by atomic mass is 10.0.